The minimum absolute atomic E-state index is 0.145. The van der Waals surface area contributed by atoms with Crippen LogP contribution >= 0.6 is 28.6 Å². The first kappa shape index (κ1) is 9.16. The predicted octanol–water partition coefficient (Wildman–Crippen LogP) is 4.19. The van der Waals surface area contributed by atoms with Crippen molar-refractivity contribution in [2.45, 2.75) is 12.2 Å². The molecule has 0 aliphatic rings. The maximum absolute atomic E-state index is 5.59. The van der Waals surface area contributed by atoms with Gasteiger partial charge in [0.2, 0.25) is 0 Å². The Hall–Kier alpha value is -0.410. The number of rotatable bonds is 1. The Morgan fingerprint density at radius 2 is 2.15 bits per heavy atom. The molecule has 3 heteroatoms. The van der Waals surface area contributed by atoms with Crippen LogP contribution in [0.2, 0.25) is 0 Å². The Labute approximate surface area is 90.7 Å². The summed E-state index contributed by atoms with van der Waals surface area (Å²) in [4.78, 5) is 0. The van der Waals surface area contributed by atoms with E-state index in [0.717, 1.165) is 21.2 Å². The molecule has 2 rings (SSSR count). The van der Waals surface area contributed by atoms with Crippen molar-refractivity contribution in [1.29, 1.82) is 0 Å². The third-order valence-electron chi connectivity index (χ3n) is 1.91. The molecular weight excluding hydrogens is 248 g/mol. The zero-order valence-electron chi connectivity index (χ0n) is 7.12. The monoisotopic (exact) mass is 256 g/mol. The van der Waals surface area contributed by atoms with Crippen LogP contribution in [0.3, 0.4) is 0 Å². The Morgan fingerprint density at radius 1 is 1.38 bits per heavy atom. The summed E-state index contributed by atoms with van der Waals surface area (Å²) < 4.78 is 6.66. The van der Waals surface area contributed by atoms with Gasteiger partial charge in [-0.25, -0.2) is 0 Å². The van der Waals surface area contributed by atoms with Crippen LogP contribution < -0.4 is 0 Å². The zero-order chi connectivity index (χ0) is 9.42. The summed E-state index contributed by atoms with van der Waals surface area (Å²) in [6, 6.07) is 7.99. The molecule has 1 heterocycles. The van der Waals surface area contributed by atoms with Gasteiger partial charge in [-0.15, -0.1) is 0 Å². The van der Waals surface area contributed by atoms with Crippen molar-refractivity contribution in [2.24, 2.45) is 0 Å². The molecule has 0 saturated heterocycles. The molecule has 0 radical (unpaired) electrons. The van der Waals surface area contributed by atoms with E-state index in [1.165, 1.54) is 0 Å². The Bertz CT molecular complexity index is 433. The second kappa shape index (κ2) is 3.39. The van der Waals surface area contributed by atoms with Gasteiger partial charge < -0.3 is 4.42 Å². The fourth-order valence-electron chi connectivity index (χ4n) is 1.24. The largest absolute Gasteiger partial charge is 0.460 e. The minimum atomic E-state index is 0.145. The number of fused-ring (bicyclic) bond motifs is 1. The normalized spacial score (nSPS) is 13.5. The minimum Gasteiger partial charge on any atom is -0.460 e. The van der Waals surface area contributed by atoms with Crippen LogP contribution in [0.4, 0.5) is 0 Å². The molecule has 0 N–H and O–H groups in total. The van der Waals surface area contributed by atoms with Gasteiger partial charge in [0.15, 0.2) is 0 Å². The molecule has 0 aliphatic heterocycles. The molecule has 1 unspecified atom stereocenters. The highest BCUT2D eigenvalue weighted by Crippen LogP contribution is 2.28. The zero-order valence-corrected chi connectivity index (χ0v) is 9.60. The topological polar surface area (TPSA) is 13.1 Å². The van der Waals surface area contributed by atoms with E-state index in [2.05, 4.69) is 28.6 Å². The molecule has 1 aromatic heterocycles. The molecule has 2 aromatic rings. The van der Waals surface area contributed by atoms with Crippen LogP contribution in [0.15, 0.2) is 33.2 Å². The van der Waals surface area contributed by atoms with Gasteiger partial charge in [-0.3, -0.25) is 0 Å². The van der Waals surface area contributed by atoms with Gasteiger partial charge in [0.1, 0.15) is 11.3 Å². The van der Waals surface area contributed by atoms with E-state index >= 15 is 0 Å². The van der Waals surface area contributed by atoms with Gasteiger partial charge in [-0.2, -0.15) is 12.6 Å². The molecule has 0 aliphatic carbocycles. The Balaban J connectivity index is 2.62. The second-order valence-corrected chi connectivity index (χ2v) is 4.70. The third-order valence-corrected chi connectivity index (χ3v) is 2.66. The Morgan fingerprint density at radius 3 is 2.85 bits per heavy atom. The summed E-state index contributed by atoms with van der Waals surface area (Å²) in [5.74, 6) is 0.913. The van der Waals surface area contributed by atoms with Crippen LogP contribution in [-0.2, 0) is 0 Å². The van der Waals surface area contributed by atoms with E-state index in [1.54, 1.807) is 0 Å². The van der Waals surface area contributed by atoms with E-state index in [4.69, 9.17) is 4.42 Å². The summed E-state index contributed by atoms with van der Waals surface area (Å²) >= 11 is 7.74. The van der Waals surface area contributed by atoms with Crippen molar-refractivity contribution in [2.75, 3.05) is 0 Å². The molecule has 0 amide bonds. The van der Waals surface area contributed by atoms with Gasteiger partial charge in [0.25, 0.3) is 0 Å². The van der Waals surface area contributed by atoms with Crippen LogP contribution in [-0.4, -0.2) is 0 Å². The number of hydrogen-bond donors (Lipinski definition) is 1. The lowest BCUT2D eigenvalue weighted by Gasteiger charge is -1.94. The van der Waals surface area contributed by atoms with E-state index in [9.17, 15) is 0 Å². The molecule has 0 bridgehead atoms. The fourth-order valence-corrected chi connectivity index (χ4v) is 1.75. The molecule has 1 nitrogen and oxygen atoms in total. The highest BCUT2D eigenvalue weighted by Gasteiger charge is 2.07. The van der Waals surface area contributed by atoms with Crippen molar-refractivity contribution in [3.8, 4) is 0 Å². The summed E-state index contributed by atoms with van der Waals surface area (Å²) in [6.07, 6.45) is 0. The van der Waals surface area contributed by atoms with Crippen molar-refractivity contribution in [3.63, 3.8) is 0 Å². The standard InChI is InChI=1S/C10H9BrOS/c1-6(13)10-5-7-4-8(11)2-3-9(7)12-10/h2-6,13H,1H3. The lowest BCUT2D eigenvalue weighted by atomic mass is 10.2. The maximum atomic E-state index is 5.59. The molecule has 1 atom stereocenters. The molecule has 13 heavy (non-hydrogen) atoms. The first-order valence-corrected chi connectivity index (χ1v) is 5.35. The van der Waals surface area contributed by atoms with Crippen molar-refractivity contribution < 1.29 is 4.42 Å². The van der Waals surface area contributed by atoms with Gasteiger partial charge in [0.05, 0.1) is 5.25 Å². The Kier molecular flexibility index (Phi) is 2.39. The maximum Gasteiger partial charge on any atom is 0.134 e. The summed E-state index contributed by atoms with van der Waals surface area (Å²) in [5, 5.41) is 1.26. The van der Waals surface area contributed by atoms with Crippen molar-refractivity contribution in [3.05, 3.63) is 34.5 Å². The quantitative estimate of drug-likeness (QED) is 0.756. The molecule has 0 fully saturated rings. The highest BCUT2D eigenvalue weighted by molar-refractivity contribution is 9.10. The van der Waals surface area contributed by atoms with Gasteiger partial charge in [-0.1, -0.05) is 15.9 Å². The van der Waals surface area contributed by atoms with Crippen LogP contribution in [0.5, 0.6) is 0 Å². The molecule has 68 valence electrons. The average Bonchev–Trinajstić information content (AvgIpc) is 2.46. The van der Waals surface area contributed by atoms with E-state index in [-0.39, 0.29) is 5.25 Å². The predicted molar refractivity (Wildman–Crippen MR) is 61.3 cm³/mol. The number of benzene rings is 1. The molecule has 0 spiro atoms. The number of thiol groups is 1. The fraction of sp³-hybridized carbons (Fsp3) is 0.200. The van der Waals surface area contributed by atoms with E-state index in [1.807, 2.05) is 31.2 Å². The van der Waals surface area contributed by atoms with Gasteiger partial charge >= 0.3 is 0 Å². The average molecular weight is 257 g/mol. The lowest BCUT2D eigenvalue weighted by Crippen LogP contribution is -1.75. The number of halogens is 1. The molecular formula is C10H9BrOS. The van der Waals surface area contributed by atoms with Crippen LogP contribution in [0.25, 0.3) is 11.0 Å². The number of furan rings is 1. The third kappa shape index (κ3) is 1.76. The second-order valence-electron chi connectivity index (χ2n) is 3.01. The SMILES string of the molecule is CC(S)c1cc2cc(Br)ccc2o1. The first-order chi connectivity index (χ1) is 6.16. The van der Waals surface area contributed by atoms with E-state index < -0.39 is 0 Å². The van der Waals surface area contributed by atoms with Crippen molar-refractivity contribution in [1.82, 2.24) is 0 Å². The highest BCUT2D eigenvalue weighted by atomic mass is 79.9. The van der Waals surface area contributed by atoms with Gasteiger partial charge in [-0.05, 0) is 31.2 Å². The summed E-state index contributed by atoms with van der Waals surface area (Å²) in [7, 11) is 0. The van der Waals surface area contributed by atoms with Crippen molar-refractivity contribution >= 4 is 39.5 Å². The smallest absolute Gasteiger partial charge is 0.134 e. The lowest BCUT2D eigenvalue weighted by molar-refractivity contribution is 0.554. The van der Waals surface area contributed by atoms with E-state index in [0.29, 0.717) is 0 Å². The van der Waals surface area contributed by atoms with Gasteiger partial charge in [0, 0.05) is 9.86 Å². The summed E-state index contributed by atoms with van der Waals surface area (Å²) in [5.41, 5.74) is 0.916. The van der Waals surface area contributed by atoms with Crippen LogP contribution in [0.1, 0.15) is 17.9 Å². The molecule has 0 saturated carbocycles. The molecule has 1 aromatic carbocycles. The summed E-state index contributed by atoms with van der Waals surface area (Å²) in [6.45, 7) is 2.00. The first-order valence-electron chi connectivity index (χ1n) is 4.04. The van der Waals surface area contributed by atoms with Crippen LogP contribution in [0, 0.1) is 0 Å². The number of hydrogen-bond acceptors (Lipinski definition) is 2.